The van der Waals surface area contributed by atoms with Crippen LogP contribution in [0.2, 0.25) is 0 Å². The Labute approximate surface area is 92.5 Å². The first-order chi connectivity index (χ1) is 7.06. The van der Waals surface area contributed by atoms with E-state index in [0.29, 0.717) is 0 Å². The lowest BCUT2D eigenvalue weighted by Gasteiger charge is -2.08. The number of nitrogens with one attached hydrogen (secondary N) is 1. The van der Waals surface area contributed by atoms with Crippen molar-refractivity contribution in [3.63, 3.8) is 0 Å². The van der Waals surface area contributed by atoms with Crippen molar-refractivity contribution >= 4 is 33.3 Å². The molecule has 1 heterocycles. The van der Waals surface area contributed by atoms with Crippen LogP contribution < -0.4 is 10.1 Å². The van der Waals surface area contributed by atoms with Crippen LogP contribution in [-0.2, 0) is 4.79 Å². The van der Waals surface area contributed by atoms with Crippen LogP contribution >= 0.6 is 15.9 Å². The molecule has 2 rings (SSSR count). The molecule has 1 amide bonds. The summed E-state index contributed by atoms with van der Waals surface area (Å²) in [5.41, 5.74) is 0.192. The molecule has 1 aromatic rings. The molecule has 1 aromatic carbocycles. The maximum atomic E-state index is 13.3. The maximum Gasteiger partial charge on any atom is 0.297 e. The van der Waals surface area contributed by atoms with Crippen molar-refractivity contribution in [2.75, 3.05) is 12.4 Å². The Hall–Kier alpha value is -1.43. The quantitative estimate of drug-likeness (QED) is 0.793. The molecule has 1 aliphatic heterocycles. The number of benzene rings is 1. The van der Waals surface area contributed by atoms with Crippen LogP contribution in [0.3, 0.4) is 0 Å². The van der Waals surface area contributed by atoms with Gasteiger partial charge >= 0.3 is 0 Å². The van der Waals surface area contributed by atoms with Crippen LogP contribution in [0.4, 0.5) is 10.1 Å². The molecule has 1 N–H and O–H groups in total. The fourth-order valence-corrected chi connectivity index (χ4v) is 2.01. The average Bonchev–Trinajstić information content (AvgIpc) is 2.44. The number of fused-ring (bicyclic) bond motifs is 1. The van der Waals surface area contributed by atoms with E-state index >= 15 is 0 Å². The Kier molecular flexibility index (Phi) is 2.22. The van der Waals surface area contributed by atoms with E-state index in [-0.39, 0.29) is 21.5 Å². The lowest BCUT2D eigenvalue weighted by Crippen LogP contribution is -2.12. The molecule has 4 nitrogen and oxygen atoms in total. The summed E-state index contributed by atoms with van der Waals surface area (Å²) in [7, 11) is 1.27. The highest BCUT2D eigenvalue weighted by Gasteiger charge is 2.34. The van der Waals surface area contributed by atoms with Crippen LogP contribution in [0.25, 0.3) is 0 Å². The minimum Gasteiger partial charge on any atom is -0.492 e. The number of methoxy groups -OCH3 is 1. The second kappa shape index (κ2) is 3.30. The first kappa shape index (κ1) is 10.1. The van der Waals surface area contributed by atoms with Gasteiger partial charge < -0.3 is 10.1 Å². The third-order valence-electron chi connectivity index (χ3n) is 2.06. The summed E-state index contributed by atoms with van der Waals surface area (Å²) in [4.78, 5) is 22.5. The summed E-state index contributed by atoms with van der Waals surface area (Å²) in [5.74, 6) is -2.25. The van der Waals surface area contributed by atoms with Crippen molar-refractivity contribution in [3.05, 3.63) is 21.9 Å². The summed E-state index contributed by atoms with van der Waals surface area (Å²) in [6.45, 7) is 0. The van der Waals surface area contributed by atoms with Gasteiger partial charge in [-0.3, -0.25) is 9.59 Å². The number of carbonyl (C=O) groups is 2. The van der Waals surface area contributed by atoms with E-state index in [1.807, 2.05) is 0 Å². The fraction of sp³-hybridized carbons (Fsp3) is 0.111. The molecular formula is C9H5BrFNO3. The van der Waals surface area contributed by atoms with Gasteiger partial charge in [-0.2, -0.15) is 0 Å². The maximum absolute atomic E-state index is 13.3. The minimum absolute atomic E-state index is 0.0828. The second-order valence-electron chi connectivity index (χ2n) is 2.91. The normalized spacial score (nSPS) is 13.8. The molecule has 6 heteroatoms. The molecule has 78 valence electrons. The third kappa shape index (κ3) is 1.32. The Morgan fingerprint density at radius 1 is 1.47 bits per heavy atom. The van der Waals surface area contributed by atoms with E-state index in [1.165, 1.54) is 7.11 Å². The van der Waals surface area contributed by atoms with Crippen molar-refractivity contribution in [1.29, 1.82) is 0 Å². The molecule has 0 saturated heterocycles. The van der Waals surface area contributed by atoms with E-state index < -0.39 is 17.5 Å². The minimum atomic E-state index is -0.783. The SMILES string of the molecule is COc1c(F)cc(Br)c2c1NC(=O)C2=O. The fourth-order valence-electron chi connectivity index (χ4n) is 1.43. The number of halogens is 2. The Bertz CT molecular complexity index is 487. The van der Waals surface area contributed by atoms with Crippen molar-refractivity contribution in [2.45, 2.75) is 0 Å². The zero-order valence-electron chi connectivity index (χ0n) is 7.56. The van der Waals surface area contributed by atoms with Crippen LogP contribution in [0.5, 0.6) is 5.75 Å². The molecular weight excluding hydrogens is 269 g/mol. The highest BCUT2D eigenvalue weighted by atomic mass is 79.9. The number of Topliss-reactive ketones (excluding diaryl/α,β-unsaturated/α-hetero) is 1. The predicted molar refractivity (Wildman–Crippen MR) is 53.6 cm³/mol. The van der Waals surface area contributed by atoms with Gasteiger partial charge in [0.15, 0.2) is 11.6 Å². The molecule has 1 aliphatic rings. The molecule has 0 saturated carbocycles. The summed E-state index contributed by atoms with van der Waals surface area (Å²) in [6.07, 6.45) is 0. The lowest BCUT2D eigenvalue weighted by molar-refractivity contribution is -0.112. The second-order valence-corrected chi connectivity index (χ2v) is 3.76. The molecule has 0 spiro atoms. The molecule has 0 atom stereocenters. The Morgan fingerprint density at radius 2 is 2.13 bits per heavy atom. The molecule has 0 aliphatic carbocycles. The molecule has 0 bridgehead atoms. The van der Waals surface area contributed by atoms with Crippen molar-refractivity contribution in [1.82, 2.24) is 0 Å². The highest BCUT2D eigenvalue weighted by molar-refractivity contribution is 9.10. The van der Waals surface area contributed by atoms with Crippen LogP contribution in [0.15, 0.2) is 10.5 Å². The standard InChI is InChI=1S/C9H5BrFNO3/c1-15-8-4(11)2-3(10)5-6(8)12-9(14)7(5)13/h2H,1H3,(H,12,13,14). The first-order valence-corrected chi connectivity index (χ1v) is 4.77. The van der Waals surface area contributed by atoms with Gasteiger partial charge in [-0.25, -0.2) is 4.39 Å². The number of amides is 1. The summed E-state index contributed by atoms with van der Waals surface area (Å²) in [6, 6.07) is 1.09. The summed E-state index contributed by atoms with van der Waals surface area (Å²) >= 11 is 3.02. The van der Waals surface area contributed by atoms with Crippen LogP contribution in [0, 0.1) is 5.82 Å². The van der Waals surface area contributed by atoms with Crippen LogP contribution in [0.1, 0.15) is 10.4 Å². The number of anilines is 1. The number of hydrogen-bond acceptors (Lipinski definition) is 3. The molecule has 0 fully saturated rings. The molecule has 0 radical (unpaired) electrons. The molecule has 0 unspecified atom stereocenters. The van der Waals surface area contributed by atoms with Gasteiger partial charge in [0.2, 0.25) is 0 Å². The monoisotopic (exact) mass is 273 g/mol. The Morgan fingerprint density at radius 3 is 2.73 bits per heavy atom. The number of ether oxygens (including phenoxy) is 1. The highest BCUT2D eigenvalue weighted by Crippen LogP contribution is 2.39. The number of carbonyl (C=O) groups excluding carboxylic acids is 2. The first-order valence-electron chi connectivity index (χ1n) is 3.98. The summed E-state index contributed by atoms with van der Waals surface area (Å²) < 4.78 is 18.4. The number of rotatable bonds is 1. The predicted octanol–water partition coefficient (Wildman–Crippen LogP) is 1.73. The van der Waals surface area contributed by atoms with E-state index in [9.17, 15) is 14.0 Å². The van der Waals surface area contributed by atoms with E-state index in [0.717, 1.165) is 6.07 Å². The molecule has 0 aromatic heterocycles. The number of hydrogen-bond donors (Lipinski definition) is 1. The van der Waals surface area contributed by atoms with E-state index in [2.05, 4.69) is 21.2 Å². The zero-order valence-corrected chi connectivity index (χ0v) is 9.14. The van der Waals surface area contributed by atoms with Gasteiger partial charge in [0.1, 0.15) is 0 Å². The van der Waals surface area contributed by atoms with Gasteiger partial charge in [0.25, 0.3) is 11.7 Å². The topological polar surface area (TPSA) is 55.4 Å². The summed E-state index contributed by atoms with van der Waals surface area (Å²) in [5, 5.41) is 2.26. The average molecular weight is 274 g/mol. The zero-order chi connectivity index (χ0) is 11.2. The number of ketones is 1. The van der Waals surface area contributed by atoms with Gasteiger partial charge in [-0.15, -0.1) is 0 Å². The van der Waals surface area contributed by atoms with E-state index in [1.54, 1.807) is 0 Å². The van der Waals surface area contributed by atoms with Gasteiger partial charge in [-0.05, 0) is 22.0 Å². The van der Waals surface area contributed by atoms with Crippen molar-refractivity contribution in [3.8, 4) is 5.75 Å². The van der Waals surface area contributed by atoms with E-state index in [4.69, 9.17) is 4.74 Å². The van der Waals surface area contributed by atoms with Gasteiger partial charge in [0, 0.05) is 4.47 Å². The van der Waals surface area contributed by atoms with Crippen LogP contribution in [-0.4, -0.2) is 18.8 Å². The lowest BCUT2D eigenvalue weighted by atomic mass is 10.1. The largest absolute Gasteiger partial charge is 0.492 e. The van der Waals surface area contributed by atoms with Crippen molar-refractivity contribution < 1.29 is 18.7 Å². The third-order valence-corrected chi connectivity index (χ3v) is 2.69. The van der Waals surface area contributed by atoms with Crippen molar-refractivity contribution in [2.24, 2.45) is 0 Å². The smallest absolute Gasteiger partial charge is 0.297 e. The van der Waals surface area contributed by atoms with Gasteiger partial charge in [0.05, 0.1) is 18.4 Å². The van der Waals surface area contributed by atoms with Gasteiger partial charge in [-0.1, -0.05) is 0 Å². The molecule has 15 heavy (non-hydrogen) atoms. The Balaban J connectivity index is 2.76.